The summed E-state index contributed by atoms with van der Waals surface area (Å²) in [5.74, 6) is -1.50. The van der Waals surface area contributed by atoms with E-state index in [0.29, 0.717) is 28.2 Å². The van der Waals surface area contributed by atoms with Crippen molar-refractivity contribution in [1.29, 1.82) is 0 Å². The molecule has 0 saturated heterocycles. The van der Waals surface area contributed by atoms with Crippen LogP contribution in [0.15, 0.2) is 72.8 Å². The third-order valence-electron chi connectivity index (χ3n) is 4.89. The molecule has 0 fully saturated rings. The van der Waals surface area contributed by atoms with Crippen molar-refractivity contribution < 1.29 is 18.7 Å². The number of carbonyl (C=O) groups is 2. The highest BCUT2D eigenvalue weighted by molar-refractivity contribution is 6.11. The Bertz CT molecular complexity index is 1030. The van der Waals surface area contributed by atoms with Gasteiger partial charge in [0.05, 0.1) is 5.92 Å². The molecule has 0 aromatic heterocycles. The molecule has 0 amide bonds. The first-order valence-electron chi connectivity index (χ1n) is 8.72. The van der Waals surface area contributed by atoms with Crippen LogP contribution in [0.5, 0.6) is 11.5 Å². The lowest BCUT2D eigenvalue weighted by molar-refractivity contribution is -0.119. The maximum atomic E-state index is 14.0. The lowest BCUT2D eigenvalue weighted by atomic mass is 9.74. The van der Waals surface area contributed by atoms with E-state index in [-0.39, 0.29) is 11.6 Å². The topological polar surface area (TPSA) is 43.4 Å². The number of halogens is 1. The van der Waals surface area contributed by atoms with Gasteiger partial charge in [0.15, 0.2) is 5.78 Å². The Morgan fingerprint density at radius 2 is 1.56 bits per heavy atom. The molecule has 3 nitrogen and oxygen atoms in total. The van der Waals surface area contributed by atoms with Gasteiger partial charge >= 0.3 is 0 Å². The second kappa shape index (κ2) is 6.80. The number of rotatable bonds is 4. The molecule has 27 heavy (non-hydrogen) atoms. The molecule has 2 unspecified atom stereocenters. The van der Waals surface area contributed by atoms with Crippen LogP contribution in [-0.4, -0.2) is 11.6 Å². The Morgan fingerprint density at radius 1 is 0.889 bits per heavy atom. The molecule has 2 atom stereocenters. The summed E-state index contributed by atoms with van der Waals surface area (Å²) in [7, 11) is 0. The number of Topliss-reactive ketones (excluding diaryl/α,β-unsaturated/α-hetero) is 2. The molecular formula is C23H17FO3. The molecule has 0 N–H and O–H groups in total. The van der Waals surface area contributed by atoms with Gasteiger partial charge in [-0.05, 0) is 31.2 Å². The molecule has 1 aliphatic heterocycles. The van der Waals surface area contributed by atoms with Crippen LogP contribution in [0, 0.1) is 11.7 Å². The zero-order valence-corrected chi connectivity index (χ0v) is 14.7. The van der Waals surface area contributed by atoms with Crippen LogP contribution >= 0.6 is 0 Å². The summed E-state index contributed by atoms with van der Waals surface area (Å²) in [6.07, 6.45) is 0. The zero-order chi connectivity index (χ0) is 19.0. The van der Waals surface area contributed by atoms with Crippen LogP contribution in [0.3, 0.4) is 0 Å². The molecule has 0 aliphatic carbocycles. The molecule has 3 aromatic rings. The molecule has 1 heterocycles. The van der Waals surface area contributed by atoms with Gasteiger partial charge in [0.1, 0.15) is 23.1 Å². The molecule has 0 spiro atoms. The molecule has 0 bridgehead atoms. The molecular weight excluding hydrogens is 343 g/mol. The Labute approximate surface area is 156 Å². The quantitative estimate of drug-likeness (QED) is 0.477. The lowest BCUT2D eigenvalue weighted by Crippen LogP contribution is -2.31. The van der Waals surface area contributed by atoms with E-state index in [1.165, 1.54) is 25.1 Å². The second-order valence-electron chi connectivity index (χ2n) is 6.62. The highest BCUT2D eigenvalue weighted by atomic mass is 19.1. The van der Waals surface area contributed by atoms with E-state index < -0.39 is 17.7 Å². The number of benzene rings is 3. The maximum absolute atomic E-state index is 14.0. The summed E-state index contributed by atoms with van der Waals surface area (Å²) in [5, 5.41) is 0. The molecule has 1 aliphatic rings. The van der Waals surface area contributed by atoms with Gasteiger partial charge in [-0.25, -0.2) is 4.39 Å². The number of hydrogen-bond acceptors (Lipinski definition) is 3. The Hall–Kier alpha value is -3.27. The van der Waals surface area contributed by atoms with Crippen molar-refractivity contribution in [3.8, 4) is 11.5 Å². The van der Waals surface area contributed by atoms with Crippen molar-refractivity contribution in [3.05, 3.63) is 95.3 Å². The SMILES string of the molecule is CC(=O)C(C(=O)c1ccccc1)C1c2ccccc2Oc2ccc(F)cc21. The highest BCUT2D eigenvalue weighted by Gasteiger charge is 2.40. The van der Waals surface area contributed by atoms with Crippen LogP contribution in [0.25, 0.3) is 0 Å². The predicted molar refractivity (Wildman–Crippen MR) is 99.7 cm³/mol. The molecule has 134 valence electrons. The van der Waals surface area contributed by atoms with Gasteiger partial charge in [-0.2, -0.15) is 0 Å². The first-order chi connectivity index (χ1) is 13.1. The number of carbonyl (C=O) groups excluding carboxylic acids is 2. The van der Waals surface area contributed by atoms with Gasteiger partial charge in [-0.1, -0.05) is 48.5 Å². The van der Waals surface area contributed by atoms with E-state index in [1.54, 1.807) is 30.3 Å². The van der Waals surface area contributed by atoms with Crippen molar-refractivity contribution in [2.24, 2.45) is 5.92 Å². The summed E-state index contributed by atoms with van der Waals surface area (Å²) in [6.45, 7) is 1.41. The minimum atomic E-state index is -0.960. The normalized spacial score (nSPS) is 15.9. The van der Waals surface area contributed by atoms with E-state index in [0.717, 1.165) is 0 Å². The lowest BCUT2D eigenvalue weighted by Gasteiger charge is -2.32. The summed E-state index contributed by atoms with van der Waals surface area (Å²) in [6, 6.07) is 20.2. The van der Waals surface area contributed by atoms with Crippen molar-refractivity contribution in [1.82, 2.24) is 0 Å². The van der Waals surface area contributed by atoms with Crippen molar-refractivity contribution in [2.75, 3.05) is 0 Å². The standard InChI is InChI=1S/C23H17FO3/c1-14(25)21(23(26)15-7-3-2-4-8-15)22-17-9-5-6-10-19(17)27-20-12-11-16(24)13-18(20)22/h2-13,21-22H,1H3. The van der Waals surface area contributed by atoms with E-state index in [4.69, 9.17) is 4.74 Å². The fourth-order valence-corrected chi connectivity index (χ4v) is 3.68. The average Bonchev–Trinajstić information content (AvgIpc) is 2.68. The number of fused-ring (bicyclic) bond motifs is 2. The van der Waals surface area contributed by atoms with E-state index >= 15 is 0 Å². The molecule has 4 rings (SSSR count). The van der Waals surface area contributed by atoms with Gasteiger partial charge in [0.25, 0.3) is 0 Å². The van der Waals surface area contributed by atoms with Crippen molar-refractivity contribution in [2.45, 2.75) is 12.8 Å². The van der Waals surface area contributed by atoms with E-state index in [2.05, 4.69) is 0 Å². The monoisotopic (exact) mass is 360 g/mol. The molecule has 3 aromatic carbocycles. The Morgan fingerprint density at radius 3 is 2.30 bits per heavy atom. The summed E-state index contributed by atoms with van der Waals surface area (Å²) in [5.41, 5.74) is 1.68. The maximum Gasteiger partial charge on any atom is 0.174 e. The van der Waals surface area contributed by atoms with E-state index in [1.807, 2.05) is 24.3 Å². The Balaban J connectivity index is 1.91. The summed E-state index contributed by atoms with van der Waals surface area (Å²) in [4.78, 5) is 25.8. The molecule has 0 radical (unpaired) electrons. The number of para-hydroxylation sites is 1. The van der Waals surface area contributed by atoms with Crippen LogP contribution in [0.2, 0.25) is 0 Å². The summed E-state index contributed by atoms with van der Waals surface area (Å²) < 4.78 is 19.9. The fourth-order valence-electron chi connectivity index (χ4n) is 3.68. The first kappa shape index (κ1) is 17.2. The number of ether oxygens (including phenoxy) is 1. The fraction of sp³-hybridized carbons (Fsp3) is 0.130. The first-order valence-corrected chi connectivity index (χ1v) is 8.72. The van der Waals surface area contributed by atoms with Gasteiger partial charge in [-0.3, -0.25) is 9.59 Å². The third-order valence-corrected chi connectivity index (χ3v) is 4.89. The number of ketones is 2. The predicted octanol–water partition coefficient (Wildman–Crippen LogP) is 5.15. The molecule has 4 heteroatoms. The van der Waals surface area contributed by atoms with Gasteiger partial charge < -0.3 is 4.74 Å². The minimum absolute atomic E-state index is 0.263. The Kier molecular flexibility index (Phi) is 4.32. The second-order valence-corrected chi connectivity index (χ2v) is 6.62. The largest absolute Gasteiger partial charge is 0.457 e. The van der Waals surface area contributed by atoms with Crippen LogP contribution in [-0.2, 0) is 4.79 Å². The molecule has 0 saturated carbocycles. The van der Waals surface area contributed by atoms with E-state index in [9.17, 15) is 14.0 Å². The van der Waals surface area contributed by atoms with Crippen LogP contribution in [0.1, 0.15) is 34.3 Å². The minimum Gasteiger partial charge on any atom is -0.457 e. The average molecular weight is 360 g/mol. The third kappa shape index (κ3) is 3.04. The van der Waals surface area contributed by atoms with Crippen LogP contribution < -0.4 is 4.74 Å². The smallest absolute Gasteiger partial charge is 0.174 e. The van der Waals surface area contributed by atoms with Gasteiger partial charge in [0.2, 0.25) is 0 Å². The highest BCUT2D eigenvalue weighted by Crippen LogP contribution is 2.48. The van der Waals surface area contributed by atoms with Crippen molar-refractivity contribution in [3.63, 3.8) is 0 Å². The van der Waals surface area contributed by atoms with Crippen molar-refractivity contribution >= 4 is 11.6 Å². The number of hydrogen-bond donors (Lipinski definition) is 0. The summed E-state index contributed by atoms with van der Waals surface area (Å²) >= 11 is 0. The zero-order valence-electron chi connectivity index (χ0n) is 14.7. The van der Waals surface area contributed by atoms with Gasteiger partial charge in [-0.15, -0.1) is 0 Å². The van der Waals surface area contributed by atoms with Crippen LogP contribution in [0.4, 0.5) is 4.39 Å². The van der Waals surface area contributed by atoms with Gasteiger partial charge in [0, 0.05) is 22.6 Å².